The van der Waals surface area contributed by atoms with Gasteiger partial charge in [0.05, 0.1) is 17.4 Å². The third-order valence-corrected chi connectivity index (χ3v) is 4.27. The van der Waals surface area contributed by atoms with Crippen molar-refractivity contribution in [2.24, 2.45) is 0 Å². The highest BCUT2D eigenvalue weighted by atomic mass is 16.3. The number of fused-ring (bicyclic) bond motifs is 2. The van der Waals surface area contributed by atoms with Gasteiger partial charge in [0.25, 0.3) is 5.91 Å². The van der Waals surface area contributed by atoms with Crippen LogP contribution in [0.4, 0.5) is 10.5 Å². The Hall–Kier alpha value is -2.92. The maximum Gasteiger partial charge on any atom is 0.332 e. The van der Waals surface area contributed by atoms with E-state index in [1.54, 1.807) is 6.92 Å². The van der Waals surface area contributed by atoms with E-state index in [1.165, 1.54) is 17.0 Å². The van der Waals surface area contributed by atoms with Gasteiger partial charge in [-0.05, 0) is 18.6 Å². The fraction of sp³-hybridized carbons (Fsp3) is 0.333. The zero-order chi connectivity index (χ0) is 16.3. The van der Waals surface area contributed by atoms with Crippen LogP contribution in [0.1, 0.15) is 17.9 Å². The summed E-state index contributed by atoms with van der Waals surface area (Å²) in [4.78, 5) is 31.7. The lowest BCUT2D eigenvalue weighted by Gasteiger charge is -2.15. The molecule has 8 nitrogen and oxygen atoms in total. The number of nitrogens with zero attached hydrogens (tertiary/aromatic N) is 4. The minimum Gasteiger partial charge on any atom is -0.440 e. The first-order valence-electron chi connectivity index (χ1n) is 7.16. The van der Waals surface area contributed by atoms with Crippen molar-refractivity contribution in [1.29, 1.82) is 5.26 Å². The Morgan fingerprint density at radius 1 is 1.43 bits per heavy atom. The van der Waals surface area contributed by atoms with Crippen LogP contribution in [0.3, 0.4) is 0 Å². The number of aliphatic hydroxyl groups is 1. The summed E-state index contributed by atoms with van der Waals surface area (Å²) >= 11 is 0. The Bertz CT molecular complexity index is 897. The number of imide groups is 1. The van der Waals surface area contributed by atoms with E-state index in [9.17, 15) is 14.7 Å². The summed E-state index contributed by atoms with van der Waals surface area (Å²) in [6.45, 7) is 1.96. The van der Waals surface area contributed by atoms with Gasteiger partial charge in [-0.2, -0.15) is 5.26 Å². The second kappa shape index (κ2) is 4.54. The lowest BCUT2D eigenvalue weighted by atomic mass is 10.1. The maximum atomic E-state index is 12.6. The first-order chi connectivity index (χ1) is 11.0. The molecule has 8 heteroatoms. The number of hydrogen-bond acceptors (Lipinski definition) is 6. The second-order valence-corrected chi connectivity index (χ2v) is 5.61. The highest BCUT2D eigenvalue weighted by Crippen LogP contribution is 2.36. The highest BCUT2D eigenvalue weighted by molar-refractivity contribution is 6.24. The molecular weight excluding hydrogens is 300 g/mol. The number of rotatable bonds is 1. The molecule has 2 unspecified atom stereocenters. The van der Waals surface area contributed by atoms with Crippen LogP contribution < -0.4 is 4.90 Å². The number of aryl methyl sites for hydroxylation is 1. The number of nitriles is 1. The zero-order valence-electron chi connectivity index (χ0n) is 12.2. The van der Waals surface area contributed by atoms with E-state index in [1.807, 2.05) is 6.07 Å². The van der Waals surface area contributed by atoms with Crippen LogP contribution in [0.15, 0.2) is 16.5 Å². The van der Waals surface area contributed by atoms with Gasteiger partial charge in [0.15, 0.2) is 11.5 Å². The molecule has 3 heterocycles. The summed E-state index contributed by atoms with van der Waals surface area (Å²) in [5.74, 6) is -0.143. The molecule has 23 heavy (non-hydrogen) atoms. The number of urea groups is 1. The number of carbonyl (C=O) groups excluding carboxylic acids is 2. The minimum atomic E-state index is -0.857. The van der Waals surface area contributed by atoms with E-state index < -0.39 is 24.1 Å². The molecular formula is C15H12N4O4. The molecule has 2 saturated heterocycles. The van der Waals surface area contributed by atoms with Gasteiger partial charge >= 0.3 is 6.03 Å². The van der Waals surface area contributed by atoms with E-state index in [0.717, 1.165) is 4.90 Å². The number of amides is 3. The number of anilines is 1. The van der Waals surface area contributed by atoms with E-state index >= 15 is 0 Å². The summed E-state index contributed by atoms with van der Waals surface area (Å²) in [6, 6.07) is 3.66. The highest BCUT2D eigenvalue weighted by Gasteiger charge is 2.53. The van der Waals surface area contributed by atoms with Gasteiger partial charge < -0.3 is 14.4 Å². The first kappa shape index (κ1) is 13.7. The van der Waals surface area contributed by atoms with Crippen LogP contribution in [0, 0.1) is 18.3 Å². The van der Waals surface area contributed by atoms with E-state index in [0.29, 0.717) is 24.4 Å². The molecule has 2 fully saturated rings. The lowest BCUT2D eigenvalue weighted by Crippen LogP contribution is -2.36. The molecule has 0 bridgehead atoms. The standard InChI is InChI=1S/C15H12N4O4/c1-7-17-11-9(3-2-8(6-16)13(11)23-7)19-14(21)12-10(20)4-5-18(12)15(19)22/h2-3,10,12,20H,4-5H2,1H3. The molecule has 2 aromatic rings. The monoisotopic (exact) mass is 312 g/mol. The Labute approximate surface area is 130 Å². The largest absolute Gasteiger partial charge is 0.440 e. The molecule has 2 aliphatic heterocycles. The van der Waals surface area contributed by atoms with Crippen molar-refractivity contribution in [3.8, 4) is 6.07 Å². The summed E-state index contributed by atoms with van der Waals surface area (Å²) < 4.78 is 5.43. The van der Waals surface area contributed by atoms with Crippen molar-refractivity contribution in [3.63, 3.8) is 0 Å². The van der Waals surface area contributed by atoms with Crippen molar-refractivity contribution >= 4 is 28.7 Å². The van der Waals surface area contributed by atoms with Crippen LogP contribution in [0.2, 0.25) is 0 Å². The molecule has 2 atom stereocenters. The molecule has 1 aromatic carbocycles. The average Bonchev–Trinajstić information content (AvgIpc) is 3.15. The van der Waals surface area contributed by atoms with Gasteiger partial charge in [0.1, 0.15) is 17.6 Å². The predicted molar refractivity (Wildman–Crippen MR) is 77.5 cm³/mol. The minimum absolute atomic E-state index is 0.246. The third kappa shape index (κ3) is 1.71. The number of aliphatic hydroxyl groups excluding tert-OH is 1. The zero-order valence-corrected chi connectivity index (χ0v) is 12.2. The molecule has 4 rings (SSSR count). The summed E-state index contributed by atoms with van der Waals surface area (Å²) in [5.41, 5.74) is 1.09. The van der Waals surface area contributed by atoms with Gasteiger partial charge in [-0.3, -0.25) is 4.79 Å². The van der Waals surface area contributed by atoms with Gasteiger partial charge in [-0.1, -0.05) is 0 Å². The topological polar surface area (TPSA) is 111 Å². The Morgan fingerprint density at radius 3 is 2.91 bits per heavy atom. The molecule has 116 valence electrons. The van der Waals surface area contributed by atoms with Gasteiger partial charge in [0, 0.05) is 13.5 Å². The molecule has 1 aromatic heterocycles. The van der Waals surface area contributed by atoms with Crippen LogP contribution in [-0.4, -0.2) is 45.6 Å². The summed E-state index contributed by atoms with van der Waals surface area (Å²) in [6.07, 6.45) is -0.466. The maximum absolute atomic E-state index is 12.6. The number of hydrogen-bond donors (Lipinski definition) is 1. The SMILES string of the molecule is Cc1nc2c(N3C(=O)C4C(O)CCN4C3=O)ccc(C#N)c2o1. The Morgan fingerprint density at radius 2 is 2.22 bits per heavy atom. The molecule has 0 aliphatic carbocycles. The summed E-state index contributed by atoms with van der Waals surface area (Å²) in [5, 5.41) is 19.1. The van der Waals surface area contributed by atoms with Crippen molar-refractivity contribution in [2.45, 2.75) is 25.5 Å². The second-order valence-electron chi connectivity index (χ2n) is 5.61. The summed E-state index contributed by atoms with van der Waals surface area (Å²) in [7, 11) is 0. The Kier molecular flexibility index (Phi) is 2.71. The molecule has 0 saturated carbocycles. The van der Waals surface area contributed by atoms with Crippen LogP contribution >= 0.6 is 0 Å². The van der Waals surface area contributed by atoms with Gasteiger partial charge in [-0.25, -0.2) is 14.7 Å². The number of oxazole rings is 1. The number of aromatic nitrogens is 1. The smallest absolute Gasteiger partial charge is 0.332 e. The molecule has 2 aliphatic rings. The number of benzene rings is 1. The van der Waals surface area contributed by atoms with E-state index in [4.69, 9.17) is 9.68 Å². The first-order valence-corrected chi connectivity index (χ1v) is 7.16. The Balaban J connectivity index is 1.89. The molecule has 3 amide bonds. The van der Waals surface area contributed by atoms with E-state index in [2.05, 4.69) is 4.98 Å². The fourth-order valence-electron chi connectivity index (χ4n) is 3.23. The average molecular weight is 312 g/mol. The van der Waals surface area contributed by atoms with Gasteiger partial charge in [-0.15, -0.1) is 0 Å². The van der Waals surface area contributed by atoms with Crippen LogP contribution in [-0.2, 0) is 4.79 Å². The van der Waals surface area contributed by atoms with Crippen molar-refractivity contribution < 1.29 is 19.1 Å². The number of carbonyl (C=O) groups is 2. The third-order valence-electron chi connectivity index (χ3n) is 4.27. The normalized spacial score (nSPS) is 23.7. The lowest BCUT2D eigenvalue weighted by molar-refractivity contribution is -0.121. The van der Waals surface area contributed by atoms with Crippen LogP contribution in [0.25, 0.3) is 11.1 Å². The quantitative estimate of drug-likeness (QED) is 0.784. The van der Waals surface area contributed by atoms with Crippen molar-refractivity contribution in [2.75, 3.05) is 11.4 Å². The van der Waals surface area contributed by atoms with Crippen LogP contribution in [0.5, 0.6) is 0 Å². The molecule has 0 radical (unpaired) electrons. The fourth-order valence-corrected chi connectivity index (χ4v) is 3.23. The molecule has 1 N–H and O–H groups in total. The van der Waals surface area contributed by atoms with Gasteiger partial charge in [0.2, 0.25) is 0 Å². The van der Waals surface area contributed by atoms with Crippen molar-refractivity contribution in [1.82, 2.24) is 9.88 Å². The van der Waals surface area contributed by atoms with Crippen molar-refractivity contribution in [3.05, 3.63) is 23.6 Å². The predicted octanol–water partition coefficient (Wildman–Crippen LogP) is 0.910. The molecule has 0 spiro atoms. The van der Waals surface area contributed by atoms with E-state index in [-0.39, 0.29) is 16.8 Å².